The molecule has 16 N–H and O–H groups in total. The number of aliphatic hydroxyl groups is 10. The molecule has 0 radical (unpaired) electrons. The van der Waals surface area contributed by atoms with Gasteiger partial charge >= 0.3 is 11.9 Å². The minimum absolute atomic E-state index is 0.0936. The second-order valence-electron chi connectivity index (χ2n) is 14.2. The third-order valence-corrected chi connectivity index (χ3v) is 14.4. The van der Waals surface area contributed by atoms with Gasteiger partial charge in [0.15, 0.2) is 0 Å². The van der Waals surface area contributed by atoms with Crippen molar-refractivity contribution in [3.05, 3.63) is 44.7 Å². The summed E-state index contributed by atoms with van der Waals surface area (Å²) < 4.78 is 25.4. The summed E-state index contributed by atoms with van der Waals surface area (Å²) in [6, 6.07) is 3.42. The van der Waals surface area contributed by atoms with Gasteiger partial charge < -0.3 is 101 Å². The van der Waals surface area contributed by atoms with Gasteiger partial charge in [0.25, 0.3) is 0 Å². The summed E-state index contributed by atoms with van der Waals surface area (Å²) in [5.41, 5.74) is 1.28. The van der Waals surface area contributed by atoms with Crippen LogP contribution in [0.2, 0.25) is 0 Å². The fraction of sp³-hybridized carbons (Fsp3) is 0.600. The molecular formula is C40H60I6N4O20. The number of carboxylic acid groups (broad SMARTS) is 2. The standard InChI is InChI=1S/C26H26I6N2O10.2C7H17NO5/c27-13-11-15(29)23(21(31)19(13)25(37)38)33-17(35)1-3-41-5-7-43-9-10-44-8-6-42-4-2-18(36)34-24-16(30)12-14(28)20(22(24)32)26(39)40;2*1-8-2-4(10)6(12)7(13)5(11)3-9/h11-12H,1-10H2,(H,33,35)(H,34,36)(H,37,38)(H,39,40);2*4-13H,2-3H2,1H3. The largest absolute Gasteiger partial charge is 0.478 e. The summed E-state index contributed by atoms with van der Waals surface area (Å²) in [5, 5.41) is 119. The molecule has 2 aromatic carbocycles. The molecule has 0 saturated heterocycles. The van der Waals surface area contributed by atoms with Crippen molar-refractivity contribution < 1.29 is 99.4 Å². The van der Waals surface area contributed by atoms with E-state index >= 15 is 0 Å². The van der Waals surface area contributed by atoms with E-state index in [1.165, 1.54) is 0 Å². The Morgan fingerprint density at radius 2 is 0.743 bits per heavy atom. The lowest BCUT2D eigenvalue weighted by atomic mass is 10.0. The highest BCUT2D eigenvalue weighted by atomic mass is 127. The molecule has 2 aromatic rings. The molecule has 2 amide bonds. The molecular weight excluding hydrogens is 1620 g/mol. The molecule has 0 aliphatic rings. The van der Waals surface area contributed by atoms with Crippen LogP contribution in [0.4, 0.5) is 11.4 Å². The van der Waals surface area contributed by atoms with E-state index in [-0.39, 0.29) is 62.1 Å². The lowest BCUT2D eigenvalue weighted by Crippen LogP contribution is -2.48. The molecule has 8 atom stereocenters. The average Bonchev–Trinajstić information content (AvgIpc) is 3.30. The SMILES string of the molecule is CNCC(O)C(O)C(O)C(O)CO.CNCC(O)C(O)C(O)C(O)CO.O=C(CCOCCOCCOCCOCCC(=O)Nc1c(I)cc(I)c(C(=O)O)c1I)Nc1c(I)cc(I)c(C(=O)O)c1I. The molecule has 0 aromatic heterocycles. The van der Waals surface area contributed by atoms with Crippen molar-refractivity contribution in [3.63, 3.8) is 0 Å². The monoisotopic (exact) mass is 1680 g/mol. The van der Waals surface area contributed by atoms with E-state index in [1.807, 2.05) is 90.4 Å². The second-order valence-corrected chi connectivity index (χ2v) is 21.0. The number of aromatic carboxylic acids is 2. The average molecular weight is 1680 g/mol. The number of carbonyl (C=O) groups excluding carboxylic acids is 2. The zero-order chi connectivity index (χ0) is 53.7. The molecule has 402 valence electrons. The first kappa shape index (κ1) is 70.1. The van der Waals surface area contributed by atoms with Crippen molar-refractivity contribution in [1.82, 2.24) is 10.6 Å². The van der Waals surface area contributed by atoms with Gasteiger partial charge in [0.2, 0.25) is 11.8 Å². The Balaban J connectivity index is 0.00000148. The molecule has 0 aliphatic carbocycles. The number of nitrogens with one attached hydrogen (secondary N) is 4. The predicted molar refractivity (Wildman–Crippen MR) is 303 cm³/mol. The number of rotatable bonds is 31. The predicted octanol–water partition coefficient (Wildman–Crippen LogP) is -0.582. The minimum atomic E-state index is -1.55. The number of carboxylic acids is 2. The molecule has 0 bridgehead atoms. The fourth-order valence-electron chi connectivity index (χ4n) is 5.08. The van der Waals surface area contributed by atoms with Gasteiger partial charge in [-0.1, -0.05) is 0 Å². The zero-order valence-electron chi connectivity index (χ0n) is 37.6. The normalized spacial score (nSPS) is 14.6. The Bertz CT molecular complexity index is 1770. The van der Waals surface area contributed by atoms with Crippen LogP contribution in [-0.2, 0) is 28.5 Å². The van der Waals surface area contributed by atoms with Gasteiger partial charge in [-0.3, -0.25) is 9.59 Å². The summed E-state index contributed by atoms with van der Waals surface area (Å²) in [6.45, 7) is 1.22. The number of benzene rings is 2. The van der Waals surface area contributed by atoms with Gasteiger partial charge in [0.05, 0.1) is 121 Å². The Labute approximate surface area is 485 Å². The highest BCUT2D eigenvalue weighted by Gasteiger charge is 2.30. The van der Waals surface area contributed by atoms with Gasteiger partial charge in [0, 0.05) is 27.4 Å². The van der Waals surface area contributed by atoms with Crippen LogP contribution in [0.15, 0.2) is 12.1 Å². The lowest BCUT2D eigenvalue weighted by molar-refractivity contribution is -0.118. The highest BCUT2D eigenvalue weighted by Crippen LogP contribution is 2.33. The fourth-order valence-corrected chi connectivity index (χ4v) is 13.3. The van der Waals surface area contributed by atoms with Crippen LogP contribution in [-0.4, -0.2) is 227 Å². The van der Waals surface area contributed by atoms with E-state index in [2.05, 4.69) is 66.4 Å². The lowest BCUT2D eigenvalue weighted by Gasteiger charge is -2.25. The van der Waals surface area contributed by atoms with Crippen LogP contribution >= 0.6 is 136 Å². The molecule has 0 fully saturated rings. The van der Waals surface area contributed by atoms with E-state index in [9.17, 15) is 39.6 Å². The van der Waals surface area contributed by atoms with Crippen LogP contribution in [0.3, 0.4) is 0 Å². The summed E-state index contributed by atoms with van der Waals surface area (Å²) in [7, 11) is 3.15. The van der Waals surface area contributed by atoms with E-state index in [0.29, 0.717) is 65.3 Å². The summed E-state index contributed by atoms with van der Waals surface area (Å²) in [4.78, 5) is 47.7. The van der Waals surface area contributed by atoms with Crippen LogP contribution in [0.5, 0.6) is 0 Å². The van der Waals surface area contributed by atoms with Crippen molar-refractivity contribution >= 4 is 171 Å². The Morgan fingerprint density at radius 3 is 1.00 bits per heavy atom. The molecule has 24 nitrogen and oxygen atoms in total. The van der Waals surface area contributed by atoms with Crippen molar-refractivity contribution in [2.75, 3.05) is 104 Å². The molecule has 70 heavy (non-hydrogen) atoms. The summed E-state index contributed by atoms with van der Waals surface area (Å²) in [5.74, 6) is -2.65. The molecule has 8 unspecified atom stereocenters. The quantitative estimate of drug-likeness (QED) is 0.0332. The van der Waals surface area contributed by atoms with Gasteiger partial charge in [-0.15, -0.1) is 0 Å². The molecule has 2 rings (SSSR count). The highest BCUT2D eigenvalue weighted by molar-refractivity contribution is 14.1. The van der Waals surface area contributed by atoms with Crippen molar-refractivity contribution in [1.29, 1.82) is 0 Å². The third kappa shape index (κ3) is 26.7. The number of ether oxygens (including phenoxy) is 4. The molecule has 0 aliphatic heterocycles. The number of amides is 2. The minimum Gasteiger partial charge on any atom is -0.478 e. The number of anilines is 2. The maximum atomic E-state index is 12.3. The van der Waals surface area contributed by atoms with Gasteiger partial charge in [-0.05, 0) is 162 Å². The van der Waals surface area contributed by atoms with E-state index in [4.69, 9.17) is 59.8 Å². The maximum Gasteiger partial charge on any atom is 0.337 e. The Morgan fingerprint density at radius 1 is 0.471 bits per heavy atom. The first-order chi connectivity index (χ1) is 32.9. The van der Waals surface area contributed by atoms with E-state index in [1.54, 1.807) is 26.2 Å². The van der Waals surface area contributed by atoms with Gasteiger partial charge in [0.1, 0.15) is 36.6 Å². The molecule has 30 heteroatoms. The zero-order valence-corrected chi connectivity index (χ0v) is 50.5. The third-order valence-electron chi connectivity index (χ3n) is 8.84. The first-order valence-electron chi connectivity index (χ1n) is 20.6. The maximum absolute atomic E-state index is 12.3. The second kappa shape index (κ2) is 39.4. The summed E-state index contributed by atoms with van der Waals surface area (Å²) in [6.07, 6.45) is -11.1. The first-order valence-corrected chi connectivity index (χ1v) is 27.1. The van der Waals surface area contributed by atoms with Gasteiger partial charge in [-0.25, -0.2) is 9.59 Å². The topological polar surface area (TPSA) is 396 Å². The van der Waals surface area contributed by atoms with Crippen molar-refractivity contribution in [2.24, 2.45) is 0 Å². The number of aliphatic hydroxyl groups excluding tert-OH is 10. The van der Waals surface area contributed by atoms with E-state index < -0.39 is 74.0 Å². The van der Waals surface area contributed by atoms with Crippen LogP contribution < -0.4 is 21.3 Å². The molecule has 0 saturated carbocycles. The Hall–Kier alpha value is 0.0600. The van der Waals surface area contributed by atoms with Gasteiger partial charge in [-0.2, -0.15) is 0 Å². The van der Waals surface area contributed by atoms with E-state index in [0.717, 1.165) is 7.14 Å². The number of halogens is 6. The van der Waals surface area contributed by atoms with Crippen LogP contribution in [0, 0.1) is 21.4 Å². The number of hydrogen-bond acceptors (Lipinski definition) is 20. The van der Waals surface area contributed by atoms with Crippen molar-refractivity contribution in [2.45, 2.75) is 61.7 Å². The number of hydrogen-bond donors (Lipinski definition) is 16. The Kier molecular flexibility index (Phi) is 39.5. The summed E-state index contributed by atoms with van der Waals surface area (Å²) >= 11 is 11.9. The number of carbonyl (C=O) groups is 4. The number of likely N-dealkylation sites (N-methyl/N-ethyl adjacent to an activating group) is 2. The smallest absolute Gasteiger partial charge is 0.337 e. The molecule has 0 spiro atoms. The van der Waals surface area contributed by atoms with Crippen LogP contribution in [0.1, 0.15) is 33.6 Å². The molecule has 0 heterocycles. The van der Waals surface area contributed by atoms with Crippen LogP contribution in [0.25, 0.3) is 0 Å². The van der Waals surface area contributed by atoms with Crippen molar-refractivity contribution in [3.8, 4) is 0 Å².